The Labute approximate surface area is 202 Å². The van der Waals surface area contributed by atoms with Crippen molar-refractivity contribution in [2.24, 2.45) is 0 Å². The van der Waals surface area contributed by atoms with Gasteiger partial charge in [0.25, 0.3) is 0 Å². The van der Waals surface area contributed by atoms with E-state index < -0.39 is 43.4 Å². The van der Waals surface area contributed by atoms with Gasteiger partial charge in [-0.2, -0.15) is 0 Å². The minimum absolute atomic E-state index is 0.0322. The van der Waals surface area contributed by atoms with Gasteiger partial charge in [-0.1, -0.05) is 12.1 Å². The molecule has 11 nitrogen and oxygen atoms in total. The molecular weight excluding hydrogens is 464 g/mol. The molecule has 7 N–H and O–H groups in total. The van der Waals surface area contributed by atoms with Gasteiger partial charge in [-0.05, 0) is 48.2 Å². The van der Waals surface area contributed by atoms with Crippen LogP contribution in [0.25, 0.3) is 0 Å². The Balaban J connectivity index is 1.72. The maximum atomic E-state index is 10.8. The first-order chi connectivity index (χ1) is 16.8. The van der Waals surface area contributed by atoms with E-state index in [9.17, 15) is 30.6 Å². The van der Waals surface area contributed by atoms with Crippen molar-refractivity contribution in [3.8, 4) is 23.0 Å². The first-order valence-corrected chi connectivity index (χ1v) is 11.2. The zero-order chi connectivity index (χ0) is 25.5. The van der Waals surface area contributed by atoms with Crippen molar-refractivity contribution in [1.82, 2.24) is 0 Å². The van der Waals surface area contributed by atoms with Crippen LogP contribution in [-0.2, 0) is 11.2 Å². The van der Waals surface area contributed by atoms with Gasteiger partial charge in [0.2, 0.25) is 6.29 Å². The Morgan fingerprint density at radius 1 is 1.00 bits per heavy atom. The summed E-state index contributed by atoms with van der Waals surface area (Å²) in [5.74, 6) is 0.233. The Kier molecular flexibility index (Phi) is 9.52. The Hall–Kier alpha value is -2.64. The fourth-order valence-corrected chi connectivity index (χ4v) is 3.65. The summed E-state index contributed by atoms with van der Waals surface area (Å²) < 4.78 is 21.8. The van der Waals surface area contributed by atoms with E-state index in [0.717, 1.165) is 5.56 Å². The molecule has 0 spiro atoms. The fourth-order valence-electron chi connectivity index (χ4n) is 3.65. The van der Waals surface area contributed by atoms with Gasteiger partial charge in [0.05, 0.1) is 20.3 Å². The van der Waals surface area contributed by atoms with Gasteiger partial charge in [-0.3, -0.25) is 0 Å². The summed E-state index contributed by atoms with van der Waals surface area (Å²) >= 11 is 0. The lowest BCUT2D eigenvalue weighted by Crippen LogP contribution is -2.54. The van der Waals surface area contributed by atoms with Gasteiger partial charge in [-0.15, -0.1) is 0 Å². The zero-order valence-corrected chi connectivity index (χ0v) is 19.2. The van der Waals surface area contributed by atoms with Gasteiger partial charge in [0.15, 0.2) is 29.1 Å². The summed E-state index contributed by atoms with van der Waals surface area (Å²) in [5.41, 5.74) is 1.12. The highest BCUT2D eigenvalue weighted by molar-refractivity contribution is 5.45. The summed E-state index contributed by atoms with van der Waals surface area (Å²) in [6.45, 7) is -0.757. The van der Waals surface area contributed by atoms with E-state index in [1.165, 1.54) is 37.4 Å². The molecule has 194 valence electrons. The normalized spacial score (nSPS) is 24.0. The van der Waals surface area contributed by atoms with Crippen LogP contribution in [0.2, 0.25) is 0 Å². The number of hydrogen-bond donors (Lipinski definition) is 7. The molecule has 1 heterocycles. The number of methoxy groups -OCH3 is 1. The summed E-state index contributed by atoms with van der Waals surface area (Å²) in [4.78, 5) is 0. The number of hydrogen-bond acceptors (Lipinski definition) is 11. The predicted molar refractivity (Wildman–Crippen MR) is 121 cm³/mol. The molecule has 2 aromatic carbocycles. The second-order valence-electron chi connectivity index (χ2n) is 8.19. The molecular formula is C24H32O11. The number of phenolic OH excluding ortho intramolecular Hbond substituents is 1. The average molecular weight is 497 g/mol. The molecule has 2 aromatic rings. The molecule has 3 rings (SSSR count). The number of aromatic hydroxyl groups is 1. The molecule has 0 unspecified atom stereocenters. The molecule has 0 radical (unpaired) electrons. The fraction of sp³-hybridized carbons (Fsp3) is 0.500. The molecule has 6 atom stereocenters. The van der Waals surface area contributed by atoms with Crippen LogP contribution in [0.1, 0.15) is 23.7 Å². The second-order valence-corrected chi connectivity index (χ2v) is 8.19. The van der Waals surface area contributed by atoms with Crippen LogP contribution in [0, 0.1) is 0 Å². The van der Waals surface area contributed by atoms with E-state index in [-0.39, 0.29) is 36.2 Å². The maximum Gasteiger partial charge on any atom is 0.229 e. The highest BCUT2D eigenvalue weighted by Crippen LogP contribution is 2.35. The van der Waals surface area contributed by atoms with Crippen molar-refractivity contribution in [2.45, 2.75) is 49.7 Å². The highest BCUT2D eigenvalue weighted by Gasteiger charge is 2.39. The summed E-state index contributed by atoms with van der Waals surface area (Å²) in [6, 6.07) is 9.14. The van der Waals surface area contributed by atoms with Crippen molar-refractivity contribution in [3.63, 3.8) is 0 Å². The lowest BCUT2D eigenvalue weighted by molar-refractivity contribution is -0.242. The van der Waals surface area contributed by atoms with Gasteiger partial charge < -0.3 is 54.7 Å². The molecule has 0 aromatic heterocycles. The third-order valence-electron chi connectivity index (χ3n) is 5.68. The molecule has 1 fully saturated rings. The van der Waals surface area contributed by atoms with Crippen molar-refractivity contribution >= 4 is 0 Å². The smallest absolute Gasteiger partial charge is 0.229 e. The summed E-state index contributed by atoms with van der Waals surface area (Å²) in [6.07, 6.45) is -6.75. The molecule has 1 aliphatic heterocycles. The number of phenols is 1. The van der Waals surface area contributed by atoms with Crippen LogP contribution in [0.4, 0.5) is 0 Å². The van der Waals surface area contributed by atoms with Gasteiger partial charge in [0.1, 0.15) is 24.4 Å². The molecule has 0 amide bonds. The molecule has 1 saturated heterocycles. The van der Waals surface area contributed by atoms with Crippen LogP contribution < -0.4 is 14.2 Å². The minimum atomic E-state index is -1.50. The predicted octanol–water partition coefficient (Wildman–Crippen LogP) is -0.383. The third kappa shape index (κ3) is 6.53. The van der Waals surface area contributed by atoms with Crippen molar-refractivity contribution in [2.75, 3.05) is 26.9 Å². The number of aliphatic hydroxyl groups excluding tert-OH is 6. The average Bonchev–Trinajstić information content (AvgIpc) is 2.87. The number of aryl methyl sites for hydroxylation is 1. The van der Waals surface area contributed by atoms with Gasteiger partial charge in [0, 0.05) is 6.61 Å². The van der Waals surface area contributed by atoms with E-state index in [0.29, 0.717) is 18.4 Å². The largest absolute Gasteiger partial charge is 0.504 e. The third-order valence-corrected chi connectivity index (χ3v) is 5.68. The highest BCUT2D eigenvalue weighted by atomic mass is 16.7. The number of aliphatic hydroxyl groups is 6. The van der Waals surface area contributed by atoms with E-state index in [4.69, 9.17) is 24.1 Å². The Morgan fingerprint density at radius 3 is 2.40 bits per heavy atom. The molecule has 0 aliphatic carbocycles. The lowest BCUT2D eigenvalue weighted by Gasteiger charge is -2.35. The monoisotopic (exact) mass is 496 g/mol. The van der Waals surface area contributed by atoms with E-state index in [1.54, 1.807) is 6.07 Å². The molecule has 0 saturated carbocycles. The number of benzene rings is 2. The lowest BCUT2D eigenvalue weighted by atomic mass is 10.0. The van der Waals surface area contributed by atoms with Gasteiger partial charge >= 0.3 is 0 Å². The van der Waals surface area contributed by atoms with E-state index >= 15 is 0 Å². The molecule has 11 heteroatoms. The van der Waals surface area contributed by atoms with Crippen LogP contribution >= 0.6 is 0 Å². The maximum absolute atomic E-state index is 10.8. The van der Waals surface area contributed by atoms with E-state index in [1.807, 2.05) is 0 Å². The first kappa shape index (κ1) is 27.0. The first-order valence-electron chi connectivity index (χ1n) is 11.2. The van der Waals surface area contributed by atoms with Crippen molar-refractivity contribution in [1.29, 1.82) is 0 Å². The second kappa shape index (κ2) is 12.4. The summed E-state index contributed by atoms with van der Waals surface area (Å²) in [5, 5.41) is 69.3. The SMILES string of the molecule is COc1cc([C@H](O)[C@@H](CO)Oc2ccc(CCCO)cc2O)ccc1O[C@@H]1OC[C@@H](O)[C@H](O)[C@H]1O. The van der Waals surface area contributed by atoms with Crippen LogP contribution in [-0.4, -0.2) is 93.4 Å². The van der Waals surface area contributed by atoms with Crippen LogP contribution in [0.5, 0.6) is 23.0 Å². The minimum Gasteiger partial charge on any atom is -0.504 e. The molecule has 35 heavy (non-hydrogen) atoms. The van der Waals surface area contributed by atoms with Gasteiger partial charge in [-0.25, -0.2) is 0 Å². The van der Waals surface area contributed by atoms with Crippen LogP contribution in [0.15, 0.2) is 36.4 Å². The Morgan fingerprint density at radius 2 is 1.74 bits per heavy atom. The Bertz CT molecular complexity index is 953. The number of ether oxygens (including phenoxy) is 4. The molecule has 0 bridgehead atoms. The van der Waals surface area contributed by atoms with Crippen molar-refractivity contribution < 1.29 is 54.7 Å². The standard InChI is InChI=1S/C24H32O11/c1-32-19-10-14(5-7-18(19)35-24-23(31)22(30)16(28)12-33-24)21(29)20(11-26)34-17-6-4-13(3-2-8-25)9-15(17)27/h4-7,9-10,16,20-31H,2-3,8,11-12H2,1H3/t16-,20-,21+,22+,23-,24+/m1/s1. The topological polar surface area (TPSA) is 179 Å². The van der Waals surface area contributed by atoms with Crippen molar-refractivity contribution in [3.05, 3.63) is 47.5 Å². The van der Waals surface area contributed by atoms with Crippen LogP contribution in [0.3, 0.4) is 0 Å². The van der Waals surface area contributed by atoms with E-state index in [2.05, 4.69) is 0 Å². The quantitative estimate of drug-likeness (QED) is 0.216. The summed E-state index contributed by atoms with van der Waals surface area (Å²) in [7, 11) is 1.37. The zero-order valence-electron chi connectivity index (χ0n) is 19.2. The number of rotatable bonds is 11. The molecule has 1 aliphatic rings.